The molecular formula is C15H16ClN. The van der Waals surface area contributed by atoms with E-state index in [1.54, 1.807) is 0 Å². The zero-order valence-electron chi connectivity index (χ0n) is 10.3. The molecule has 0 radical (unpaired) electrons. The summed E-state index contributed by atoms with van der Waals surface area (Å²) in [5.74, 6) is 0. The third kappa shape index (κ3) is 2.29. The van der Waals surface area contributed by atoms with E-state index in [0.29, 0.717) is 0 Å². The molecule has 2 heteroatoms. The Labute approximate surface area is 107 Å². The largest absolute Gasteiger partial charge is 0.398 e. The molecule has 2 rings (SSSR count). The highest BCUT2D eigenvalue weighted by atomic mass is 35.5. The second kappa shape index (κ2) is 4.42. The molecule has 0 fully saturated rings. The van der Waals surface area contributed by atoms with Crippen LogP contribution in [0.3, 0.4) is 0 Å². The molecular weight excluding hydrogens is 230 g/mol. The Morgan fingerprint density at radius 2 is 1.53 bits per heavy atom. The number of benzene rings is 2. The molecule has 0 aliphatic carbocycles. The molecule has 0 amide bonds. The van der Waals surface area contributed by atoms with Gasteiger partial charge in [0.05, 0.1) is 0 Å². The van der Waals surface area contributed by atoms with Crippen LogP contribution in [0.5, 0.6) is 0 Å². The van der Waals surface area contributed by atoms with Crippen molar-refractivity contribution in [1.82, 2.24) is 0 Å². The van der Waals surface area contributed by atoms with Gasteiger partial charge in [-0.1, -0.05) is 23.7 Å². The van der Waals surface area contributed by atoms with Crippen molar-refractivity contribution in [1.29, 1.82) is 0 Å². The number of rotatable bonds is 1. The SMILES string of the molecule is Cc1ccc(-c2cc(C)c(C)cc2Cl)c(N)c1. The molecule has 0 aliphatic rings. The average molecular weight is 246 g/mol. The second-order valence-electron chi connectivity index (χ2n) is 4.51. The lowest BCUT2D eigenvalue weighted by molar-refractivity contribution is 1.34. The van der Waals surface area contributed by atoms with Crippen molar-refractivity contribution < 1.29 is 0 Å². The number of aryl methyl sites for hydroxylation is 3. The fourth-order valence-corrected chi connectivity index (χ4v) is 2.23. The van der Waals surface area contributed by atoms with Crippen LogP contribution in [0.1, 0.15) is 16.7 Å². The maximum absolute atomic E-state index is 6.29. The van der Waals surface area contributed by atoms with Crippen LogP contribution < -0.4 is 5.73 Å². The summed E-state index contributed by atoms with van der Waals surface area (Å²) in [4.78, 5) is 0. The first kappa shape index (κ1) is 12.0. The number of halogens is 1. The van der Waals surface area contributed by atoms with Gasteiger partial charge in [-0.15, -0.1) is 0 Å². The van der Waals surface area contributed by atoms with Crippen LogP contribution in [-0.2, 0) is 0 Å². The maximum Gasteiger partial charge on any atom is 0.0487 e. The molecule has 0 aliphatic heterocycles. The number of nitrogen functional groups attached to an aromatic ring is 1. The lowest BCUT2D eigenvalue weighted by Gasteiger charge is -2.11. The lowest BCUT2D eigenvalue weighted by atomic mass is 9.98. The first-order valence-electron chi connectivity index (χ1n) is 5.62. The van der Waals surface area contributed by atoms with Crippen LogP contribution in [0.25, 0.3) is 11.1 Å². The first-order valence-corrected chi connectivity index (χ1v) is 6.00. The third-order valence-electron chi connectivity index (χ3n) is 3.08. The molecule has 17 heavy (non-hydrogen) atoms. The van der Waals surface area contributed by atoms with E-state index in [-0.39, 0.29) is 0 Å². The second-order valence-corrected chi connectivity index (χ2v) is 4.91. The normalized spacial score (nSPS) is 10.6. The van der Waals surface area contributed by atoms with Gasteiger partial charge >= 0.3 is 0 Å². The summed E-state index contributed by atoms with van der Waals surface area (Å²) in [5, 5.41) is 0.753. The van der Waals surface area contributed by atoms with Gasteiger partial charge in [0.2, 0.25) is 0 Å². The van der Waals surface area contributed by atoms with Gasteiger partial charge in [-0.3, -0.25) is 0 Å². The summed E-state index contributed by atoms with van der Waals surface area (Å²) < 4.78 is 0. The van der Waals surface area contributed by atoms with Crippen LogP contribution in [0, 0.1) is 20.8 Å². The van der Waals surface area contributed by atoms with Gasteiger partial charge in [0.15, 0.2) is 0 Å². The highest BCUT2D eigenvalue weighted by molar-refractivity contribution is 6.33. The number of nitrogens with two attached hydrogens (primary N) is 1. The molecule has 0 saturated heterocycles. The fourth-order valence-electron chi connectivity index (χ4n) is 1.91. The Kier molecular flexibility index (Phi) is 3.12. The highest BCUT2D eigenvalue weighted by Crippen LogP contribution is 2.34. The van der Waals surface area contributed by atoms with Gasteiger partial charge in [0, 0.05) is 21.8 Å². The summed E-state index contributed by atoms with van der Waals surface area (Å²) in [5.41, 5.74) is 12.4. The summed E-state index contributed by atoms with van der Waals surface area (Å²) in [6.45, 7) is 6.17. The minimum Gasteiger partial charge on any atom is -0.398 e. The van der Waals surface area contributed by atoms with Crippen molar-refractivity contribution in [2.75, 3.05) is 5.73 Å². The Hall–Kier alpha value is -1.47. The summed E-state index contributed by atoms with van der Waals surface area (Å²) in [6, 6.07) is 10.1. The monoisotopic (exact) mass is 245 g/mol. The van der Waals surface area contributed by atoms with E-state index in [9.17, 15) is 0 Å². The quantitative estimate of drug-likeness (QED) is 0.735. The molecule has 0 bridgehead atoms. The van der Waals surface area contributed by atoms with Gasteiger partial charge in [0.25, 0.3) is 0 Å². The Bertz CT molecular complexity index is 573. The Balaban J connectivity index is 2.64. The minimum atomic E-state index is 0.753. The van der Waals surface area contributed by atoms with E-state index in [2.05, 4.69) is 26.0 Å². The number of hydrogen-bond acceptors (Lipinski definition) is 1. The zero-order valence-corrected chi connectivity index (χ0v) is 11.1. The van der Waals surface area contributed by atoms with Crippen molar-refractivity contribution in [3.05, 3.63) is 52.0 Å². The third-order valence-corrected chi connectivity index (χ3v) is 3.39. The van der Waals surface area contributed by atoms with E-state index >= 15 is 0 Å². The van der Waals surface area contributed by atoms with Crippen LogP contribution in [0.15, 0.2) is 30.3 Å². The number of hydrogen-bond donors (Lipinski definition) is 1. The van der Waals surface area contributed by atoms with Crippen molar-refractivity contribution in [2.45, 2.75) is 20.8 Å². The van der Waals surface area contributed by atoms with Crippen LogP contribution in [-0.4, -0.2) is 0 Å². The van der Waals surface area contributed by atoms with Crippen molar-refractivity contribution in [3.8, 4) is 11.1 Å². The standard InChI is InChI=1S/C15H16ClN/c1-9-4-5-12(15(17)6-9)13-7-10(2)11(3)8-14(13)16/h4-8H,17H2,1-3H3. The van der Waals surface area contributed by atoms with Crippen LogP contribution in [0.4, 0.5) is 5.69 Å². The van der Waals surface area contributed by atoms with Crippen LogP contribution >= 0.6 is 11.6 Å². The molecule has 2 aromatic rings. The van der Waals surface area contributed by atoms with E-state index in [0.717, 1.165) is 27.4 Å². The van der Waals surface area contributed by atoms with E-state index < -0.39 is 0 Å². The van der Waals surface area contributed by atoms with E-state index in [1.807, 2.05) is 25.1 Å². The van der Waals surface area contributed by atoms with Gasteiger partial charge in [-0.2, -0.15) is 0 Å². The Morgan fingerprint density at radius 1 is 0.882 bits per heavy atom. The topological polar surface area (TPSA) is 26.0 Å². The maximum atomic E-state index is 6.29. The van der Waals surface area contributed by atoms with Gasteiger partial charge in [-0.25, -0.2) is 0 Å². The Morgan fingerprint density at radius 3 is 2.18 bits per heavy atom. The van der Waals surface area contributed by atoms with Crippen molar-refractivity contribution in [2.24, 2.45) is 0 Å². The summed E-state index contributed by atoms with van der Waals surface area (Å²) in [7, 11) is 0. The molecule has 0 aromatic heterocycles. The molecule has 88 valence electrons. The molecule has 0 spiro atoms. The predicted molar refractivity (Wildman–Crippen MR) is 75.5 cm³/mol. The molecule has 0 atom stereocenters. The van der Waals surface area contributed by atoms with Crippen molar-refractivity contribution in [3.63, 3.8) is 0 Å². The van der Waals surface area contributed by atoms with Gasteiger partial charge in [-0.05, 0) is 55.7 Å². The highest BCUT2D eigenvalue weighted by Gasteiger charge is 2.08. The minimum absolute atomic E-state index is 0.753. The summed E-state index contributed by atoms with van der Waals surface area (Å²) >= 11 is 6.29. The molecule has 0 saturated carbocycles. The van der Waals surface area contributed by atoms with Gasteiger partial charge < -0.3 is 5.73 Å². The van der Waals surface area contributed by atoms with Crippen LogP contribution in [0.2, 0.25) is 5.02 Å². The summed E-state index contributed by atoms with van der Waals surface area (Å²) in [6.07, 6.45) is 0. The first-order chi connectivity index (χ1) is 7.99. The zero-order chi connectivity index (χ0) is 12.6. The smallest absolute Gasteiger partial charge is 0.0487 e. The molecule has 2 aromatic carbocycles. The van der Waals surface area contributed by atoms with Crippen molar-refractivity contribution >= 4 is 17.3 Å². The van der Waals surface area contributed by atoms with E-state index in [4.69, 9.17) is 17.3 Å². The molecule has 0 heterocycles. The molecule has 0 unspecified atom stereocenters. The van der Waals surface area contributed by atoms with Gasteiger partial charge in [0.1, 0.15) is 0 Å². The molecule has 2 N–H and O–H groups in total. The number of anilines is 1. The molecule has 1 nitrogen and oxygen atoms in total. The van der Waals surface area contributed by atoms with E-state index in [1.165, 1.54) is 11.1 Å². The average Bonchev–Trinajstić information content (AvgIpc) is 2.24. The fraction of sp³-hybridized carbons (Fsp3) is 0.200. The predicted octanol–water partition coefficient (Wildman–Crippen LogP) is 4.51. The lowest BCUT2D eigenvalue weighted by Crippen LogP contribution is -1.93.